The minimum atomic E-state index is -0.591. The molecule has 100 valence electrons. The summed E-state index contributed by atoms with van der Waals surface area (Å²) in [6, 6.07) is 0.474. The van der Waals surface area contributed by atoms with Crippen LogP contribution in [0.1, 0.15) is 32.6 Å². The lowest BCUT2D eigenvalue weighted by atomic mass is 9.95. The highest BCUT2D eigenvalue weighted by Gasteiger charge is 2.36. The van der Waals surface area contributed by atoms with Gasteiger partial charge in [-0.15, -0.1) is 0 Å². The second-order valence-electron chi connectivity index (χ2n) is 4.82. The van der Waals surface area contributed by atoms with Crippen molar-refractivity contribution in [3.05, 3.63) is 0 Å². The standard InChI is InChI=1S/C12H24N2O3/c1-12(11(13)15,14-10-4-5-10)6-3-7-17-9-8-16-2/h10,14H,3-9H2,1-2H3,(H2,13,15). The minimum absolute atomic E-state index is 0.277. The van der Waals surface area contributed by atoms with E-state index in [2.05, 4.69) is 5.32 Å². The summed E-state index contributed by atoms with van der Waals surface area (Å²) >= 11 is 0. The van der Waals surface area contributed by atoms with Crippen molar-refractivity contribution in [2.75, 3.05) is 26.9 Å². The van der Waals surface area contributed by atoms with Gasteiger partial charge in [0.25, 0.3) is 0 Å². The predicted molar refractivity (Wildman–Crippen MR) is 65.7 cm³/mol. The second-order valence-corrected chi connectivity index (χ2v) is 4.82. The molecule has 3 N–H and O–H groups in total. The van der Waals surface area contributed by atoms with Crippen molar-refractivity contribution in [2.24, 2.45) is 5.73 Å². The van der Waals surface area contributed by atoms with Crippen LogP contribution in [0.2, 0.25) is 0 Å². The molecule has 1 amide bonds. The summed E-state index contributed by atoms with van der Waals surface area (Å²) in [7, 11) is 1.65. The maximum atomic E-state index is 11.4. The van der Waals surface area contributed by atoms with Crippen molar-refractivity contribution in [3.63, 3.8) is 0 Å². The van der Waals surface area contributed by atoms with Crippen LogP contribution in [0.5, 0.6) is 0 Å². The lowest BCUT2D eigenvalue weighted by molar-refractivity contribution is -0.124. The van der Waals surface area contributed by atoms with Gasteiger partial charge in [0.15, 0.2) is 0 Å². The molecule has 0 aromatic heterocycles. The molecule has 0 bridgehead atoms. The Balaban J connectivity index is 2.17. The Morgan fingerprint density at radius 1 is 1.41 bits per heavy atom. The van der Waals surface area contributed by atoms with E-state index in [1.165, 1.54) is 0 Å². The molecule has 0 heterocycles. The van der Waals surface area contributed by atoms with E-state index in [1.54, 1.807) is 7.11 Å². The number of carbonyl (C=O) groups excluding carboxylic acids is 1. The zero-order valence-electron chi connectivity index (χ0n) is 10.8. The highest BCUT2D eigenvalue weighted by atomic mass is 16.5. The molecule has 1 saturated carbocycles. The van der Waals surface area contributed by atoms with Crippen LogP contribution in [-0.2, 0) is 14.3 Å². The average Bonchev–Trinajstić information content (AvgIpc) is 3.07. The SMILES string of the molecule is COCCOCCCC(C)(NC1CC1)C(N)=O. The first-order valence-corrected chi connectivity index (χ1v) is 6.23. The number of carbonyl (C=O) groups is 1. The minimum Gasteiger partial charge on any atom is -0.382 e. The summed E-state index contributed by atoms with van der Waals surface area (Å²) in [5.41, 5.74) is 4.86. The van der Waals surface area contributed by atoms with Gasteiger partial charge in [0.2, 0.25) is 5.91 Å². The summed E-state index contributed by atoms with van der Waals surface area (Å²) < 4.78 is 10.2. The van der Waals surface area contributed by atoms with Crippen molar-refractivity contribution >= 4 is 5.91 Å². The molecule has 17 heavy (non-hydrogen) atoms. The molecule has 0 aliphatic heterocycles. The number of nitrogens with two attached hydrogens (primary N) is 1. The van der Waals surface area contributed by atoms with Gasteiger partial charge < -0.3 is 20.5 Å². The number of hydrogen-bond acceptors (Lipinski definition) is 4. The number of hydrogen-bond donors (Lipinski definition) is 2. The number of ether oxygens (including phenoxy) is 2. The van der Waals surface area contributed by atoms with Crippen molar-refractivity contribution in [1.82, 2.24) is 5.32 Å². The van der Waals surface area contributed by atoms with Gasteiger partial charge in [-0.2, -0.15) is 0 Å². The molecule has 1 atom stereocenters. The topological polar surface area (TPSA) is 73.6 Å². The molecule has 5 heteroatoms. The van der Waals surface area contributed by atoms with Crippen LogP contribution in [0.25, 0.3) is 0 Å². The molecule has 0 radical (unpaired) electrons. The van der Waals surface area contributed by atoms with E-state index in [9.17, 15) is 4.79 Å². The fourth-order valence-electron chi connectivity index (χ4n) is 1.72. The number of nitrogens with one attached hydrogen (secondary N) is 1. The Morgan fingerprint density at radius 2 is 2.12 bits per heavy atom. The molecule has 1 rings (SSSR count). The monoisotopic (exact) mass is 244 g/mol. The Hall–Kier alpha value is -0.650. The third-order valence-electron chi connectivity index (χ3n) is 3.04. The molecule has 1 aliphatic carbocycles. The van der Waals surface area contributed by atoms with Crippen LogP contribution in [0, 0.1) is 0 Å². The van der Waals surface area contributed by atoms with Crippen LogP contribution in [0.3, 0.4) is 0 Å². The fourth-order valence-corrected chi connectivity index (χ4v) is 1.72. The van der Waals surface area contributed by atoms with E-state index in [0.29, 0.717) is 32.3 Å². The van der Waals surface area contributed by atoms with Gasteiger partial charge in [0, 0.05) is 19.8 Å². The van der Waals surface area contributed by atoms with Crippen LogP contribution < -0.4 is 11.1 Å². The zero-order valence-corrected chi connectivity index (χ0v) is 10.8. The van der Waals surface area contributed by atoms with E-state index < -0.39 is 5.54 Å². The van der Waals surface area contributed by atoms with Gasteiger partial charge >= 0.3 is 0 Å². The molecule has 5 nitrogen and oxygen atoms in total. The molecular formula is C12H24N2O3. The zero-order chi connectivity index (χ0) is 12.7. The third-order valence-corrected chi connectivity index (χ3v) is 3.04. The van der Waals surface area contributed by atoms with Gasteiger partial charge in [-0.1, -0.05) is 0 Å². The lowest BCUT2D eigenvalue weighted by Gasteiger charge is -2.27. The molecule has 1 aliphatic rings. The Morgan fingerprint density at radius 3 is 2.65 bits per heavy atom. The molecular weight excluding hydrogens is 220 g/mol. The molecule has 0 aromatic carbocycles. The van der Waals surface area contributed by atoms with Crippen molar-refractivity contribution < 1.29 is 14.3 Å². The predicted octanol–water partition coefficient (Wildman–Crippen LogP) is 0.426. The van der Waals surface area contributed by atoms with Crippen LogP contribution in [-0.4, -0.2) is 44.4 Å². The fraction of sp³-hybridized carbons (Fsp3) is 0.917. The Bertz CT molecular complexity index is 244. The summed E-state index contributed by atoms with van der Waals surface area (Å²) in [6.07, 6.45) is 3.83. The number of rotatable bonds is 10. The van der Waals surface area contributed by atoms with Crippen molar-refractivity contribution in [3.8, 4) is 0 Å². The van der Waals surface area contributed by atoms with Crippen LogP contribution in [0.15, 0.2) is 0 Å². The summed E-state index contributed by atoms with van der Waals surface area (Å²) in [5.74, 6) is -0.277. The number of methoxy groups -OCH3 is 1. The summed E-state index contributed by atoms with van der Waals surface area (Å²) in [6.45, 7) is 3.72. The Labute approximate surface area is 103 Å². The third kappa shape index (κ3) is 5.48. The van der Waals surface area contributed by atoms with Gasteiger partial charge in [-0.3, -0.25) is 4.79 Å². The largest absolute Gasteiger partial charge is 0.382 e. The average molecular weight is 244 g/mol. The van der Waals surface area contributed by atoms with Crippen LogP contribution >= 0.6 is 0 Å². The van der Waals surface area contributed by atoms with E-state index in [-0.39, 0.29) is 5.91 Å². The molecule has 0 saturated heterocycles. The smallest absolute Gasteiger partial charge is 0.237 e. The summed E-state index contributed by atoms with van der Waals surface area (Å²) in [5, 5.41) is 3.31. The van der Waals surface area contributed by atoms with Gasteiger partial charge in [-0.25, -0.2) is 0 Å². The number of amides is 1. The van der Waals surface area contributed by atoms with Crippen molar-refractivity contribution in [1.29, 1.82) is 0 Å². The number of primary amides is 1. The normalized spacial score (nSPS) is 18.9. The van der Waals surface area contributed by atoms with Crippen LogP contribution in [0.4, 0.5) is 0 Å². The van der Waals surface area contributed by atoms with E-state index in [0.717, 1.165) is 19.3 Å². The van der Waals surface area contributed by atoms with Crippen molar-refractivity contribution in [2.45, 2.75) is 44.2 Å². The molecule has 1 unspecified atom stereocenters. The van der Waals surface area contributed by atoms with E-state index in [1.807, 2.05) is 6.92 Å². The second kappa shape index (κ2) is 6.93. The van der Waals surface area contributed by atoms with E-state index >= 15 is 0 Å². The molecule has 0 spiro atoms. The highest BCUT2D eigenvalue weighted by Crippen LogP contribution is 2.24. The van der Waals surface area contributed by atoms with Gasteiger partial charge in [-0.05, 0) is 32.6 Å². The van der Waals surface area contributed by atoms with Gasteiger partial charge in [0.05, 0.1) is 18.8 Å². The Kier molecular flexibility index (Phi) is 5.88. The van der Waals surface area contributed by atoms with E-state index in [4.69, 9.17) is 15.2 Å². The first-order chi connectivity index (χ1) is 8.08. The molecule has 1 fully saturated rings. The highest BCUT2D eigenvalue weighted by molar-refractivity contribution is 5.84. The summed E-state index contributed by atoms with van der Waals surface area (Å²) in [4.78, 5) is 11.4. The maximum absolute atomic E-state index is 11.4. The first kappa shape index (κ1) is 14.4. The van der Waals surface area contributed by atoms with Gasteiger partial charge in [0.1, 0.15) is 0 Å². The quantitative estimate of drug-likeness (QED) is 0.546. The lowest BCUT2D eigenvalue weighted by Crippen LogP contribution is -2.54. The maximum Gasteiger partial charge on any atom is 0.237 e. The molecule has 0 aromatic rings. The first-order valence-electron chi connectivity index (χ1n) is 6.23.